The molecule has 22 heavy (non-hydrogen) atoms. The van der Waals surface area contributed by atoms with E-state index in [2.05, 4.69) is 0 Å². The minimum atomic E-state index is -0.973. The molecule has 0 radical (unpaired) electrons. The number of aromatic carboxylic acids is 1. The van der Waals surface area contributed by atoms with E-state index in [1.54, 1.807) is 25.5 Å². The zero-order chi connectivity index (χ0) is 15.5. The third kappa shape index (κ3) is 2.61. The molecule has 3 rings (SSSR count). The lowest BCUT2D eigenvalue weighted by atomic mass is 10.1. The largest absolute Gasteiger partial charge is 0.493 e. The molecule has 5 nitrogen and oxygen atoms in total. The van der Waals surface area contributed by atoms with E-state index < -0.39 is 5.97 Å². The molecule has 0 saturated heterocycles. The number of hydrogen-bond donors (Lipinski definition) is 1. The zero-order valence-corrected chi connectivity index (χ0v) is 11.9. The van der Waals surface area contributed by atoms with Crippen LogP contribution in [0.25, 0.3) is 11.0 Å². The number of hydrogen-bond acceptors (Lipinski definition) is 4. The van der Waals surface area contributed by atoms with Crippen LogP contribution in [0, 0.1) is 0 Å². The highest BCUT2D eigenvalue weighted by atomic mass is 16.5. The number of rotatable bonds is 5. The van der Waals surface area contributed by atoms with Gasteiger partial charge in [-0.25, -0.2) is 4.79 Å². The average molecular weight is 298 g/mol. The van der Waals surface area contributed by atoms with Crippen molar-refractivity contribution in [1.82, 2.24) is 0 Å². The highest BCUT2D eigenvalue weighted by Gasteiger charge is 2.11. The highest BCUT2D eigenvalue weighted by molar-refractivity contribution is 5.93. The lowest BCUT2D eigenvalue weighted by Crippen LogP contribution is -1.98. The Bertz CT molecular complexity index is 819. The molecule has 0 unspecified atom stereocenters. The Balaban J connectivity index is 1.87. The Morgan fingerprint density at radius 1 is 1.18 bits per heavy atom. The predicted molar refractivity (Wildman–Crippen MR) is 80.5 cm³/mol. The number of carboxylic acids is 1. The van der Waals surface area contributed by atoms with Crippen LogP contribution in [0.3, 0.4) is 0 Å². The van der Waals surface area contributed by atoms with Crippen LogP contribution >= 0.6 is 0 Å². The van der Waals surface area contributed by atoms with Gasteiger partial charge in [-0.3, -0.25) is 0 Å². The molecule has 5 heteroatoms. The monoisotopic (exact) mass is 298 g/mol. The molecule has 1 heterocycles. The number of furan rings is 1. The molecule has 0 amide bonds. The molecule has 0 atom stereocenters. The van der Waals surface area contributed by atoms with Gasteiger partial charge in [-0.15, -0.1) is 0 Å². The summed E-state index contributed by atoms with van der Waals surface area (Å²) < 4.78 is 16.4. The van der Waals surface area contributed by atoms with Crippen molar-refractivity contribution < 1.29 is 23.8 Å². The molecule has 3 aromatic rings. The van der Waals surface area contributed by atoms with Gasteiger partial charge in [0.25, 0.3) is 0 Å². The quantitative estimate of drug-likeness (QED) is 0.777. The summed E-state index contributed by atoms with van der Waals surface area (Å²) in [6.07, 6.45) is 1.58. The molecule has 0 saturated carbocycles. The third-order valence-corrected chi connectivity index (χ3v) is 3.35. The topological polar surface area (TPSA) is 68.9 Å². The van der Waals surface area contributed by atoms with Crippen molar-refractivity contribution in [1.29, 1.82) is 0 Å². The summed E-state index contributed by atoms with van der Waals surface area (Å²) in [5.74, 6) is 0.287. The second-order valence-electron chi connectivity index (χ2n) is 4.72. The Kier molecular flexibility index (Phi) is 3.70. The maximum absolute atomic E-state index is 11.1. The number of methoxy groups -OCH3 is 1. The molecule has 2 aromatic carbocycles. The first-order chi connectivity index (χ1) is 10.7. The van der Waals surface area contributed by atoms with Crippen LogP contribution in [0.4, 0.5) is 0 Å². The third-order valence-electron chi connectivity index (χ3n) is 3.35. The van der Waals surface area contributed by atoms with E-state index in [0.717, 1.165) is 10.9 Å². The lowest BCUT2D eigenvalue weighted by Gasteiger charge is -2.09. The van der Waals surface area contributed by atoms with Gasteiger partial charge < -0.3 is 19.0 Å². The molecule has 1 aromatic heterocycles. The van der Waals surface area contributed by atoms with E-state index in [0.29, 0.717) is 17.1 Å². The van der Waals surface area contributed by atoms with Crippen LogP contribution in [0.15, 0.2) is 53.1 Å². The molecule has 0 bridgehead atoms. The van der Waals surface area contributed by atoms with Crippen molar-refractivity contribution in [3.8, 4) is 11.5 Å². The van der Waals surface area contributed by atoms with Gasteiger partial charge in [-0.05, 0) is 30.3 Å². The van der Waals surface area contributed by atoms with Gasteiger partial charge in [0, 0.05) is 10.9 Å². The summed E-state index contributed by atoms with van der Waals surface area (Å²) in [5.41, 5.74) is 1.63. The van der Waals surface area contributed by atoms with Gasteiger partial charge in [0.15, 0.2) is 11.5 Å². The van der Waals surface area contributed by atoms with Gasteiger partial charge in [0.2, 0.25) is 0 Å². The minimum absolute atomic E-state index is 0.215. The number of carbonyl (C=O) groups is 1. The van der Waals surface area contributed by atoms with Crippen LogP contribution in [0.5, 0.6) is 11.5 Å². The zero-order valence-electron chi connectivity index (χ0n) is 11.9. The van der Waals surface area contributed by atoms with E-state index in [4.69, 9.17) is 19.0 Å². The van der Waals surface area contributed by atoms with Crippen molar-refractivity contribution in [2.24, 2.45) is 0 Å². The van der Waals surface area contributed by atoms with Gasteiger partial charge in [0.1, 0.15) is 12.2 Å². The second kappa shape index (κ2) is 5.81. The number of ether oxygens (including phenoxy) is 2. The maximum atomic E-state index is 11.1. The molecule has 1 N–H and O–H groups in total. The van der Waals surface area contributed by atoms with Gasteiger partial charge >= 0.3 is 5.97 Å². The Hall–Kier alpha value is -2.95. The molecular formula is C17H14O5. The first-order valence-corrected chi connectivity index (χ1v) is 6.68. The van der Waals surface area contributed by atoms with Crippen molar-refractivity contribution in [3.05, 3.63) is 59.9 Å². The summed E-state index contributed by atoms with van der Waals surface area (Å²) in [6.45, 7) is 0.260. The number of fused-ring (bicyclic) bond motifs is 1. The highest BCUT2D eigenvalue weighted by Crippen LogP contribution is 2.29. The van der Waals surface area contributed by atoms with Crippen LogP contribution in [-0.2, 0) is 6.61 Å². The van der Waals surface area contributed by atoms with E-state index in [9.17, 15) is 4.79 Å². The summed E-state index contributed by atoms with van der Waals surface area (Å²) in [6, 6.07) is 12.1. The van der Waals surface area contributed by atoms with Crippen LogP contribution in [-0.4, -0.2) is 18.2 Å². The fourth-order valence-electron chi connectivity index (χ4n) is 2.22. The minimum Gasteiger partial charge on any atom is -0.493 e. The fourth-order valence-corrected chi connectivity index (χ4v) is 2.22. The fraction of sp³-hybridized carbons (Fsp3) is 0.118. The molecule has 0 spiro atoms. The number of para-hydroxylation sites is 2. The molecule has 0 fully saturated rings. The smallest absolute Gasteiger partial charge is 0.335 e. The summed E-state index contributed by atoms with van der Waals surface area (Å²) in [5, 5.41) is 9.80. The van der Waals surface area contributed by atoms with Crippen LogP contribution < -0.4 is 9.47 Å². The standard InChI is InChI=1S/C17H14O5/c1-20-15-4-2-3-5-16(15)22-10-12-9-21-14-7-6-11(17(18)19)8-13(12)14/h2-9H,10H2,1H3,(H,18,19). The number of carboxylic acid groups (broad SMARTS) is 1. The lowest BCUT2D eigenvalue weighted by molar-refractivity contribution is 0.0697. The Labute approximate surface area is 126 Å². The van der Waals surface area contributed by atoms with Gasteiger partial charge in [-0.1, -0.05) is 12.1 Å². The summed E-state index contributed by atoms with van der Waals surface area (Å²) >= 11 is 0. The average Bonchev–Trinajstić information content (AvgIpc) is 2.95. The maximum Gasteiger partial charge on any atom is 0.335 e. The Morgan fingerprint density at radius 2 is 1.95 bits per heavy atom. The predicted octanol–water partition coefficient (Wildman–Crippen LogP) is 3.72. The Morgan fingerprint density at radius 3 is 2.68 bits per heavy atom. The molecule has 112 valence electrons. The first-order valence-electron chi connectivity index (χ1n) is 6.68. The van der Waals surface area contributed by atoms with E-state index in [1.165, 1.54) is 6.07 Å². The molecule has 0 aliphatic heterocycles. The van der Waals surface area contributed by atoms with Crippen molar-refractivity contribution in [3.63, 3.8) is 0 Å². The summed E-state index contributed by atoms with van der Waals surface area (Å²) in [4.78, 5) is 11.1. The normalized spacial score (nSPS) is 10.6. The van der Waals surface area contributed by atoms with E-state index in [-0.39, 0.29) is 12.2 Å². The second-order valence-corrected chi connectivity index (χ2v) is 4.72. The number of benzene rings is 2. The first kappa shape index (κ1) is 14.0. The van der Waals surface area contributed by atoms with Crippen LogP contribution in [0.2, 0.25) is 0 Å². The SMILES string of the molecule is COc1ccccc1OCc1coc2ccc(C(=O)O)cc12. The molecular weight excluding hydrogens is 284 g/mol. The van der Waals surface area contributed by atoms with E-state index >= 15 is 0 Å². The molecule has 0 aliphatic carbocycles. The molecule has 0 aliphatic rings. The van der Waals surface area contributed by atoms with Crippen molar-refractivity contribution in [2.75, 3.05) is 7.11 Å². The summed E-state index contributed by atoms with van der Waals surface area (Å²) in [7, 11) is 1.58. The van der Waals surface area contributed by atoms with Gasteiger partial charge in [0.05, 0.1) is 18.9 Å². The van der Waals surface area contributed by atoms with Crippen molar-refractivity contribution in [2.45, 2.75) is 6.61 Å². The van der Waals surface area contributed by atoms with E-state index in [1.807, 2.05) is 24.3 Å². The van der Waals surface area contributed by atoms with Crippen molar-refractivity contribution >= 4 is 16.9 Å². The van der Waals surface area contributed by atoms with Crippen LogP contribution in [0.1, 0.15) is 15.9 Å². The van der Waals surface area contributed by atoms with Gasteiger partial charge in [-0.2, -0.15) is 0 Å².